The predicted molar refractivity (Wildman–Crippen MR) is 63.3 cm³/mol. The maximum absolute atomic E-state index is 9.05. The van der Waals surface area contributed by atoms with Gasteiger partial charge in [0.1, 0.15) is 5.75 Å². The Kier molecular flexibility index (Phi) is 6.53. The molecule has 1 heterocycles. The Hall–Kier alpha value is -1.13. The van der Waals surface area contributed by atoms with Crippen molar-refractivity contribution in [3.8, 4) is 5.75 Å². The summed E-state index contributed by atoms with van der Waals surface area (Å²) in [5, 5.41) is 12.3. The van der Waals surface area contributed by atoms with E-state index in [1.807, 2.05) is 0 Å². The van der Waals surface area contributed by atoms with Gasteiger partial charge in [-0.3, -0.25) is 4.98 Å². The van der Waals surface area contributed by atoms with Crippen LogP contribution in [-0.2, 0) is 11.3 Å². The Labute approximate surface area is 96.7 Å². The van der Waals surface area contributed by atoms with Crippen LogP contribution >= 0.6 is 0 Å². The fourth-order valence-electron chi connectivity index (χ4n) is 1.23. The summed E-state index contributed by atoms with van der Waals surface area (Å²) in [5.74, 6) is 0.201. The molecule has 0 spiro atoms. The maximum atomic E-state index is 9.05. The van der Waals surface area contributed by atoms with Gasteiger partial charge in [0.05, 0.1) is 18.5 Å². The molecule has 0 radical (unpaired) electrons. The van der Waals surface area contributed by atoms with E-state index in [1.165, 1.54) is 12.6 Å². The number of aromatic nitrogens is 1. The van der Waals surface area contributed by atoms with Crippen LogP contribution in [0.15, 0.2) is 18.3 Å². The standard InChI is InChI=1S/C12H20N2O2/c1-2-3-7-16-8-6-13-9-11-4-5-12(15)10-14-11/h4-5,10,13,15H,2-3,6-9H2,1H3. The summed E-state index contributed by atoms with van der Waals surface area (Å²) in [6, 6.07) is 3.45. The van der Waals surface area contributed by atoms with Gasteiger partial charge in [-0.25, -0.2) is 0 Å². The van der Waals surface area contributed by atoms with E-state index in [9.17, 15) is 0 Å². The molecule has 0 atom stereocenters. The Morgan fingerprint density at radius 2 is 2.25 bits per heavy atom. The van der Waals surface area contributed by atoms with Crippen molar-refractivity contribution >= 4 is 0 Å². The van der Waals surface area contributed by atoms with Crippen molar-refractivity contribution in [2.75, 3.05) is 19.8 Å². The van der Waals surface area contributed by atoms with Crippen molar-refractivity contribution in [3.63, 3.8) is 0 Å². The number of hydrogen-bond donors (Lipinski definition) is 2. The molecular formula is C12H20N2O2. The molecule has 0 aromatic carbocycles. The van der Waals surface area contributed by atoms with E-state index in [0.717, 1.165) is 31.9 Å². The molecule has 0 aliphatic rings. The third-order valence-corrected chi connectivity index (χ3v) is 2.18. The number of aromatic hydroxyl groups is 1. The van der Waals surface area contributed by atoms with Crippen LogP contribution < -0.4 is 5.32 Å². The molecule has 0 saturated carbocycles. The molecule has 2 N–H and O–H groups in total. The molecule has 0 bridgehead atoms. The lowest BCUT2D eigenvalue weighted by Crippen LogP contribution is -2.20. The summed E-state index contributed by atoms with van der Waals surface area (Å²) in [6.45, 7) is 5.26. The molecule has 0 saturated heterocycles. The van der Waals surface area contributed by atoms with Crippen molar-refractivity contribution in [1.29, 1.82) is 0 Å². The molecule has 0 aliphatic carbocycles. The van der Waals surface area contributed by atoms with Crippen LogP contribution in [0, 0.1) is 0 Å². The fraction of sp³-hybridized carbons (Fsp3) is 0.583. The van der Waals surface area contributed by atoms with Crippen LogP contribution in [0.5, 0.6) is 5.75 Å². The zero-order chi connectivity index (χ0) is 11.6. The van der Waals surface area contributed by atoms with Crippen LogP contribution in [0.3, 0.4) is 0 Å². The van der Waals surface area contributed by atoms with Gasteiger partial charge in [0.2, 0.25) is 0 Å². The quantitative estimate of drug-likeness (QED) is 0.660. The summed E-state index contributed by atoms with van der Waals surface area (Å²) in [4.78, 5) is 4.07. The normalized spacial score (nSPS) is 10.6. The molecule has 0 unspecified atom stereocenters. The van der Waals surface area contributed by atoms with Crippen molar-refractivity contribution in [2.24, 2.45) is 0 Å². The first kappa shape index (κ1) is 12.9. The highest BCUT2D eigenvalue weighted by Crippen LogP contribution is 2.05. The average Bonchev–Trinajstić information content (AvgIpc) is 2.30. The predicted octanol–water partition coefficient (Wildman–Crippen LogP) is 1.69. The summed E-state index contributed by atoms with van der Waals surface area (Å²) in [5.41, 5.74) is 0.923. The second-order valence-electron chi connectivity index (χ2n) is 3.65. The van der Waals surface area contributed by atoms with Crippen LogP contribution in [0.4, 0.5) is 0 Å². The summed E-state index contributed by atoms with van der Waals surface area (Å²) in [6.07, 6.45) is 3.75. The van der Waals surface area contributed by atoms with Gasteiger partial charge in [-0.05, 0) is 18.6 Å². The fourth-order valence-corrected chi connectivity index (χ4v) is 1.23. The number of nitrogens with zero attached hydrogens (tertiary/aromatic N) is 1. The first-order valence-corrected chi connectivity index (χ1v) is 5.75. The minimum absolute atomic E-state index is 0.201. The van der Waals surface area contributed by atoms with Crippen molar-refractivity contribution in [2.45, 2.75) is 26.3 Å². The first-order valence-electron chi connectivity index (χ1n) is 5.75. The first-order chi connectivity index (χ1) is 7.83. The Morgan fingerprint density at radius 3 is 2.94 bits per heavy atom. The van der Waals surface area contributed by atoms with E-state index >= 15 is 0 Å². The number of rotatable bonds is 8. The number of ether oxygens (including phenoxy) is 1. The molecule has 1 aromatic rings. The van der Waals surface area contributed by atoms with Gasteiger partial charge in [-0.1, -0.05) is 13.3 Å². The maximum Gasteiger partial charge on any atom is 0.133 e. The topological polar surface area (TPSA) is 54.4 Å². The molecule has 1 rings (SSSR count). The lowest BCUT2D eigenvalue weighted by Gasteiger charge is -2.05. The zero-order valence-electron chi connectivity index (χ0n) is 9.78. The molecule has 16 heavy (non-hydrogen) atoms. The van der Waals surface area contributed by atoms with Crippen LogP contribution in [0.25, 0.3) is 0 Å². The molecule has 90 valence electrons. The number of unbranched alkanes of at least 4 members (excludes halogenated alkanes) is 1. The minimum atomic E-state index is 0.201. The zero-order valence-corrected chi connectivity index (χ0v) is 9.78. The third-order valence-electron chi connectivity index (χ3n) is 2.18. The number of nitrogens with one attached hydrogen (secondary N) is 1. The van der Waals surface area contributed by atoms with E-state index in [4.69, 9.17) is 9.84 Å². The minimum Gasteiger partial charge on any atom is -0.506 e. The smallest absolute Gasteiger partial charge is 0.133 e. The summed E-state index contributed by atoms with van der Waals surface area (Å²) < 4.78 is 5.41. The second kappa shape index (κ2) is 8.07. The molecule has 1 aromatic heterocycles. The Morgan fingerprint density at radius 1 is 1.38 bits per heavy atom. The molecule has 4 nitrogen and oxygen atoms in total. The van der Waals surface area contributed by atoms with E-state index in [2.05, 4.69) is 17.2 Å². The lowest BCUT2D eigenvalue weighted by atomic mass is 10.3. The average molecular weight is 224 g/mol. The number of hydrogen-bond acceptors (Lipinski definition) is 4. The van der Waals surface area contributed by atoms with Crippen molar-refractivity contribution < 1.29 is 9.84 Å². The van der Waals surface area contributed by atoms with E-state index in [1.54, 1.807) is 12.1 Å². The summed E-state index contributed by atoms with van der Waals surface area (Å²) in [7, 11) is 0. The van der Waals surface area contributed by atoms with E-state index in [-0.39, 0.29) is 5.75 Å². The van der Waals surface area contributed by atoms with E-state index < -0.39 is 0 Å². The van der Waals surface area contributed by atoms with Gasteiger partial charge >= 0.3 is 0 Å². The van der Waals surface area contributed by atoms with Crippen molar-refractivity contribution in [3.05, 3.63) is 24.0 Å². The van der Waals surface area contributed by atoms with Gasteiger partial charge < -0.3 is 15.2 Å². The Bertz CT molecular complexity index is 275. The van der Waals surface area contributed by atoms with Crippen LogP contribution in [0.1, 0.15) is 25.5 Å². The highest BCUT2D eigenvalue weighted by molar-refractivity contribution is 5.17. The highest BCUT2D eigenvalue weighted by atomic mass is 16.5. The SMILES string of the molecule is CCCCOCCNCc1ccc(O)cn1. The van der Waals surface area contributed by atoms with Crippen LogP contribution in [0.2, 0.25) is 0 Å². The molecule has 0 amide bonds. The van der Waals surface area contributed by atoms with Gasteiger partial charge in [0, 0.05) is 19.7 Å². The molecule has 0 fully saturated rings. The molecule has 0 aliphatic heterocycles. The van der Waals surface area contributed by atoms with Gasteiger partial charge in [-0.2, -0.15) is 0 Å². The molecular weight excluding hydrogens is 204 g/mol. The lowest BCUT2D eigenvalue weighted by molar-refractivity contribution is 0.133. The monoisotopic (exact) mass is 224 g/mol. The second-order valence-corrected chi connectivity index (χ2v) is 3.65. The largest absolute Gasteiger partial charge is 0.506 e. The van der Waals surface area contributed by atoms with Crippen LogP contribution in [-0.4, -0.2) is 29.8 Å². The highest BCUT2D eigenvalue weighted by Gasteiger charge is 1.94. The summed E-state index contributed by atoms with van der Waals surface area (Å²) >= 11 is 0. The number of pyridine rings is 1. The van der Waals surface area contributed by atoms with Gasteiger partial charge in [0.15, 0.2) is 0 Å². The molecule has 4 heteroatoms. The van der Waals surface area contributed by atoms with Gasteiger partial charge in [-0.15, -0.1) is 0 Å². The van der Waals surface area contributed by atoms with Crippen molar-refractivity contribution in [1.82, 2.24) is 10.3 Å². The third kappa shape index (κ3) is 5.68. The van der Waals surface area contributed by atoms with Gasteiger partial charge in [0.25, 0.3) is 0 Å². The Balaban J connectivity index is 2.01. The van der Waals surface area contributed by atoms with E-state index in [0.29, 0.717) is 6.54 Å².